The molecule has 0 aliphatic carbocycles. The maximum absolute atomic E-state index is 9.73. The van der Waals surface area contributed by atoms with Gasteiger partial charge in [0.2, 0.25) is 5.82 Å². The van der Waals surface area contributed by atoms with E-state index in [1.54, 1.807) is 12.1 Å². The Balaban J connectivity index is 2.05. The van der Waals surface area contributed by atoms with Crippen LogP contribution in [-0.2, 0) is 0 Å². The lowest BCUT2D eigenvalue weighted by Gasteiger charge is -2.00. The summed E-state index contributed by atoms with van der Waals surface area (Å²) in [6.07, 6.45) is 4.54. The molecule has 7 nitrogen and oxygen atoms in total. The maximum atomic E-state index is 9.73. The first-order chi connectivity index (χ1) is 9.25. The zero-order valence-corrected chi connectivity index (χ0v) is 9.56. The highest BCUT2D eigenvalue weighted by Crippen LogP contribution is 2.35. The summed E-state index contributed by atoms with van der Waals surface area (Å²) in [4.78, 5) is 12.0. The molecule has 0 unspecified atom stereocenters. The van der Waals surface area contributed by atoms with E-state index in [1.807, 2.05) is 0 Å². The third-order valence-corrected chi connectivity index (χ3v) is 2.46. The van der Waals surface area contributed by atoms with Crippen LogP contribution in [0.5, 0.6) is 11.5 Å². The molecule has 0 bridgehead atoms. The van der Waals surface area contributed by atoms with Crippen LogP contribution in [-0.4, -0.2) is 30.3 Å². The van der Waals surface area contributed by atoms with Crippen LogP contribution in [0.2, 0.25) is 0 Å². The fraction of sp³-hybridized carbons (Fsp3) is 0. The Morgan fingerprint density at radius 2 is 2.00 bits per heavy atom. The average Bonchev–Trinajstić information content (AvgIpc) is 2.92. The van der Waals surface area contributed by atoms with Gasteiger partial charge in [0.1, 0.15) is 5.69 Å². The van der Waals surface area contributed by atoms with Crippen LogP contribution in [0.3, 0.4) is 0 Å². The topological polar surface area (TPSA) is 105 Å². The lowest BCUT2D eigenvalue weighted by atomic mass is 10.2. The first-order valence-electron chi connectivity index (χ1n) is 5.37. The predicted molar refractivity (Wildman–Crippen MR) is 64.1 cm³/mol. The number of phenols is 2. The molecule has 3 aromatic rings. The highest BCUT2D eigenvalue weighted by molar-refractivity contribution is 5.67. The zero-order valence-electron chi connectivity index (χ0n) is 9.56. The van der Waals surface area contributed by atoms with Crippen molar-refractivity contribution in [1.29, 1.82) is 0 Å². The highest BCUT2D eigenvalue weighted by atomic mass is 16.5. The van der Waals surface area contributed by atoms with Gasteiger partial charge >= 0.3 is 0 Å². The summed E-state index contributed by atoms with van der Waals surface area (Å²) < 4.78 is 5.04. The molecular formula is C12H8N4O3. The van der Waals surface area contributed by atoms with Crippen LogP contribution >= 0.6 is 0 Å². The van der Waals surface area contributed by atoms with Crippen molar-refractivity contribution < 1.29 is 14.7 Å². The van der Waals surface area contributed by atoms with E-state index in [9.17, 15) is 10.2 Å². The van der Waals surface area contributed by atoms with Gasteiger partial charge in [-0.2, -0.15) is 4.98 Å². The number of nitrogens with zero attached hydrogens (tertiary/aromatic N) is 4. The minimum Gasteiger partial charge on any atom is -0.504 e. The Morgan fingerprint density at radius 3 is 2.79 bits per heavy atom. The van der Waals surface area contributed by atoms with E-state index in [-0.39, 0.29) is 28.8 Å². The fourth-order valence-corrected chi connectivity index (χ4v) is 1.56. The Hall–Kier alpha value is -2.96. The van der Waals surface area contributed by atoms with Crippen molar-refractivity contribution in [3.63, 3.8) is 0 Å². The highest BCUT2D eigenvalue weighted by Gasteiger charge is 2.16. The fourth-order valence-electron chi connectivity index (χ4n) is 1.56. The Labute approximate surface area is 107 Å². The molecule has 94 valence electrons. The zero-order chi connectivity index (χ0) is 13.2. The van der Waals surface area contributed by atoms with Crippen molar-refractivity contribution in [2.45, 2.75) is 0 Å². The van der Waals surface area contributed by atoms with Gasteiger partial charge in [0.05, 0.1) is 11.8 Å². The summed E-state index contributed by atoms with van der Waals surface area (Å²) in [7, 11) is 0. The van der Waals surface area contributed by atoms with Gasteiger partial charge in [0.25, 0.3) is 5.89 Å². The molecule has 3 rings (SSSR count). The second kappa shape index (κ2) is 4.37. The van der Waals surface area contributed by atoms with Gasteiger partial charge in [0, 0.05) is 12.4 Å². The summed E-state index contributed by atoms with van der Waals surface area (Å²) in [6.45, 7) is 0. The molecule has 0 saturated carbocycles. The molecule has 0 saturated heterocycles. The van der Waals surface area contributed by atoms with E-state index in [2.05, 4.69) is 20.1 Å². The molecule has 2 aromatic heterocycles. The molecule has 0 atom stereocenters. The maximum Gasteiger partial charge on any atom is 0.262 e. The predicted octanol–water partition coefficient (Wildman–Crippen LogP) is 1.60. The first-order valence-corrected chi connectivity index (χ1v) is 5.37. The molecule has 0 aliphatic heterocycles. The molecule has 0 spiro atoms. The van der Waals surface area contributed by atoms with Crippen molar-refractivity contribution >= 4 is 0 Å². The molecule has 2 N–H and O–H groups in total. The van der Waals surface area contributed by atoms with E-state index in [4.69, 9.17) is 4.52 Å². The number of hydrogen-bond acceptors (Lipinski definition) is 7. The van der Waals surface area contributed by atoms with Crippen molar-refractivity contribution in [3.8, 4) is 34.5 Å². The van der Waals surface area contributed by atoms with Crippen LogP contribution in [0, 0.1) is 0 Å². The summed E-state index contributed by atoms with van der Waals surface area (Å²) in [5.74, 6) is -0.214. The molecule has 0 aliphatic rings. The second-order valence-corrected chi connectivity index (χ2v) is 3.69. The second-order valence-electron chi connectivity index (χ2n) is 3.69. The minimum atomic E-state index is -0.308. The number of rotatable bonds is 2. The van der Waals surface area contributed by atoms with Crippen molar-refractivity contribution in [1.82, 2.24) is 20.1 Å². The van der Waals surface area contributed by atoms with Crippen molar-refractivity contribution in [2.24, 2.45) is 0 Å². The van der Waals surface area contributed by atoms with E-state index in [0.717, 1.165) is 0 Å². The Kier molecular flexibility index (Phi) is 2.57. The van der Waals surface area contributed by atoms with Gasteiger partial charge in [-0.05, 0) is 12.1 Å². The van der Waals surface area contributed by atoms with Crippen LogP contribution < -0.4 is 0 Å². The van der Waals surface area contributed by atoms with Gasteiger partial charge in [-0.3, -0.25) is 4.98 Å². The molecule has 2 heterocycles. The third kappa shape index (κ3) is 1.97. The first kappa shape index (κ1) is 11.1. The summed E-state index contributed by atoms with van der Waals surface area (Å²) in [6, 6.07) is 4.48. The third-order valence-electron chi connectivity index (χ3n) is 2.46. The van der Waals surface area contributed by atoms with E-state index >= 15 is 0 Å². The van der Waals surface area contributed by atoms with E-state index in [1.165, 1.54) is 24.7 Å². The average molecular weight is 256 g/mol. The molecule has 7 heteroatoms. The summed E-state index contributed by atoms with van der Waals surface area (Å²) >= 11 is 0. The molecule has 0 amide bonds. The SMILES string of the molecule is Oc1cccc(-c2nc(-c3cnccn3)no2)c1O. The summed E-state index contributed by atoms with van der Waals surface area (Å²) in [5.41, 5.74) is 0.708. The quantitative estimate of drug-likeness (QED) is 0.671. The number of para-hydroxylation sites is 1. The molecule has 0 radical (unpaired) electrons. The monoisotopic (exact) mass is 256 g/mol. The summed E-state index contributed by atoms with van der Waals surface area (Å²) in [5, 5.41) is 22.9. The number of hydrogen-bond donors (Lipinski definition) is 2. The lowest BCUT2D eigenvalue weighted by molar-refractivity contribution is 0.397. The Morgan fingerprint density at radius 1 is 1.11 bits per heavy atom. The van der Waals surface area contributed by atoms with Crippen LogP contribution in [0.25, 0.3) is 23.0 Å². The van der Waals surface area contributed by atoms with Gasteiger partial charge < -0.3 is 14.7 Å². The van der Waals surface area contributed by atoms with Crippen LogP contribution in [0.4, 0.5) is 0 Å². The van der Waals surface area contributed by atoms with Gasteiger partial charge in [-0.25, -0.2) is 4.98 Å². The number of aromatic nitrogens is 4. The lowest BCUT2D eigenvalue weighted by Crippen LogP contribution is -1.86. The van der Waals surface area contributed by atoms with Gasteiger partial charge in [-0.1, -0.05) is 11.2 Å². The van der Waals surface area contributed by atoms with E-state index < -0.39 is 0 Å². The van der Waals surface area contributed by atoms with Crippen molar-refractivity contribution in [3.05, 3.63) is 36.8 Å². The normalized spacial score (nSPS) is 10.5. The van der Waals surface area contributed by atoms with Gasteiger partial charge in [0.15, 0.2) is 11.5 Å². The van der Waals surface area contributed by atoms with Crippen LogP contribution in [0.1, 0.15) is 0 Å². The number of aromatic hydroxyl groups is 2. The van der Waals surface area contributed by atoms with Crippen LogP contribution in [0.15, 0.2) is 41.3 Å². The number of benzene rings is 1. The Bertz CT molecular complexity index is 712. The molecule has 19 heavy (non-hydrogen) atoms. The van der Waals surface area contributed by atoms with E-state index in [0.29, 0.717) is 5.69 Å². The van der Waals surface area contributed by atoms with Crippen molar-refractivity contribution in [2.75, 3.05) is 0 Å². The molecular weight excluding hydrogens is 248 g/mol. The minimum absolute atomic E-state index is 0.0917. The largest absolute Gasteiger partial charge is 0.504 e. The van der Waals surface area contributed by atoms with Gasteiger partial charge in [-0.15, -0.1) is 0 Å². The smallest absolute Gasteiger partial charge is 0.262 e. The standard InChI is InChI=1S/C12H8N4O3/c17-9-3-1-2-7(10(9)18)12-15-11(16-19-12)8-6-13-4-5-14-8/h1-6,17-18H. The molecule has 1 aromatic carbocycles. The number of phenolic OH excluding ortho intramolecular Hbond substituents is 2. The molecule has 0 fully saturated rings.